The highest BCUT2D eigenvalue weighted by atomic mass is 15.1. The molecule has 1 fully saturated rings. The van der Waals surface area contributed by atoms with Gasteiger partial charge in [0.2, 0.25) is 0 Å². The number of aromatic amines is 1. The predicted octanol–water partition coefficient (Wildman–Crippen LogP) is 3.64. The minimum absolute atomic E-state index is 0.486. The topological polar surface area (TPSA) is 45.0 Å². The van der Waals surface area contributed by atoms with Crippen molar-refractivity contribution < 1.29 is 0 Å². The molecule has 22 heavy (non-hydrogen) atoms. The van der Waals surface area contributed by atoms with E-state index in [0.717, 1.165) is 12.5 Å². The molecule has 1 aliphatic heterocycles. The number of piperidine rings is 1. The van der Waals surface area contributed by atoms with E-state index in [1.807, 2.05) is 0 Å². The molecule has 0 saturated carbocycles. The summed E-state index contributed by atoms with van der Waals surface area (Å²) in [6.45, 7) is 8.92. The Kier molecular flexibility index (Phi) is 4.84. The lowest BCUT2D eigenvalue weighted by atomic mass is 9.79. The number of benzene rings is 1. The van der Waals surface area contributed by atoms with Gasteiger partial charge in [0.15, 0.2) is 0 Å². The summed E-state index contributed by atoms with van der Waals surface area (Å²) in [6, 6.07) is 8.64. The summed E-state index contributed by atoms with van der Waals surface area (Å²) in [4.78, 5) is 6.15. The van der Waals surface area contributed by atoms with Crippen LogP contribution in [0.15, 0.2) is 24.3 Å². The van der Waals surface area contributed by atoms with Crippen LogP contribution in [0.5, 0.6) is 0 Å². The molecule has 0 aliphatic carbocycles. The average molecular weight is 299 g/mol. The molecule has 0 bridgehead atoms. The van der Waals surface area contributed by atoms with E-state index in [1.165, 1.54) is 61.1 Å². The summed E-state index contributed by atoms with van der Waals surface area (Å²) in [7, 11) is 0. The predicted molar refractivity (Wildman–Crippen MR) is 94.3 cm³/mol. The average Bonchev–Trinajstić information content (AvgIpc) is 2.87. The van der Waals surface area contributed by atoms with Crippen LogP contribution in [-0.2, 0) is 0 Å². The van der Waals surface area contributed by atoms with Crippen molar-refractivity contribution in [3.8, 4) is 0 Å². The fourth-order valence-electron chi connectivity index (χ4n) is 4.22. The van der Waals surface area contributed by atoms with Gasteiger partial charge in [0.05, 0.1) is 0 Å². The Hall–Kier alpha value is -1.32. The number of likely N-dealkylation sites (tertiary alicyclic amines) is 1. The van der Waals surface area contributed by atoms with Crippen LogP contribution in [0.4, 0.5) is 0 Å². The molecule has 3 heteroatoms. The normalized spacial score (nSPS) is 18.9. The van der Waals surface area contributed by atoms with Crippen molar-refractivity contribution in [3.05, 3.63) is 35.5 Å². The fourth-order valence-corrected chi connectivity index (χ4v) is 4.22. The van der Waals surface area contributed by atoms with Crippen LogP contribution in [0.2, 0.25) is 0 Å². The molecule has 0 spiro atoms. The highest BCUT2D eigenvalue weighted by Crippen LogP contribution is 2.37. The summed E-state index contributed by atoms with van der Waals surface area (Å²) in [6.07, 6.45) is 3.81. The van der Waals surface area contributed by atoms with E-state index in [9.17, 15) is 0 Å². The van der Waals surface area contributed by atoms with E-state index in [4.69, 9.17) is 5.73 Å². The van der Waals surface area contributed by atoms with Crippen molar-refractivity contribution in [1.29, 1.82) is 0 Å². The van der Waals surface area contributed by atoms with Gasteiger partial charge in [-0.15, -0.1) is 0 Å². The van der Waals surface area contributed by atoms with E-state index in [2.05, 4.69) is 48.0 Å². The molecule has 2 aromatic rings. The van der Waals surface area contributed by atoms with Crippen molar-refractivity contribution in [1.82, 2.24) is 9.88 Å². The number of para-hydroxylation sites is 1. The summed E-state index contributed by atoms with van der Waals surface area (Å²) >= 11 is 0. The van der Waals surface area contributed by atoms with Crippen LogP contribution < -0.4 is 5.73 Å². The number of hydrogen-bond acceptors (Lipinski definition) is 2. The number of hydrogen-bond donors (Lipinski definition) is 2. The van der Waals surface area contributed by atoms with Crippen LogP contribution in [0.25, 0.3) is 10.9 Å². The summed E-state index contributed by atoms with van der Waals surface area (Å²) in [5.74, 6) is 1.20. The first-order chi connectivity index (χ1) is 10.7. The van der Waals surface area contributed by atoms with Gasteiger partial charge in [-0.2, -0.15) is 0 Å². The Morgan fingerprint density at radius 2 is 2.00 bits per heavy atom. The van der Waals surface area contributed by atoms with Crippen molar-refractivity contribution in [3.63, 3.8) is 0 Å². The first-order valence-electron chi connectivity index (χ1n) is 8.74. The number of aromatic nitrogens is 1. The molecule has 2 heterocycles. The van der Waals surface area contributed by atoms with Gasteiger partial charge in [-0.05, 0) is 69.9 Å². The zero-order chi connectivity index (χ0) is 15.5. The third kappa shape index (κ3) is 2.92. The second-order valence-corrected chi connectivity index (χ2v) is 6.73. The Morgan fingerprint density at radius 3 is 2.68 bits per heavy atom. The van der Waals surface area contributed by atoms with Gasteiger partial charge < -0.3 is 15.6 Å². The SMILES string of the molecule is CCCN1CCC(C(CN)c2c(C)[nH]c3ccccc23)CC1. The lowest BCUT2D eigenvalue weighted by molar-refractivity contribution is 0.169. The number of rotatable bonds is 5. The van der Waals surface area contributed by atoms with Crippen molar-refractivity contribution >= 4 is 10.9 Å². The molecule has 1 saturated heterocycles. The maximum absolute atomic E-state index is 6.22. The van der Waals surface area contributed by atoms with Gasteiger partial charge in [0.25, 0.3) is 0 Å². The highest BCUT2D eigenvalue weighted by molar-refractivity contribution is 5.85. The number of H-pyrrole nitrogens is 1. The summed E-state index contributed by atoms with van der Waals surface area (Å²) in [5.41, 5.74) is 10.2. The highest BCUT2D eigenvalue weighted by Gasteiger charge is 2.29. The minimum Gasteiger partial charge on any atom is -0.358 e. The van der Waals surface area contributed by atoms with E-state index in [0.29, 0.717) is 5.92 Å². The largest absolute Gasteiger partial charge is 0.358 e. The molecule has 120 valence electrons. The van der Waals surface area contributed by atoms with Crippen molar-refractivity contribution in [2.75, 3.05) is 26.2 Å². The molecule has 0 radical (unpaired) electrons. The molecule has 0 amide bonds. The first-order valence-corrected chi connectivity index (χ1v) is 8.74. The number of nitrogens with two attached hydrogens (primary N) is 1. The molecule has 3 nitrogen and oxygen atoms in total. The van der Waals surface area contributed by atoms with Gasteiger partial charge in [0, 0.05) is 22.5 Å². The Labute approximate surface area is 133 Å². The molecule has 1 aromatic carbocycles. The van der Waals surface area contributed by atoms with Crippen LogP contribution >= 0.6 is 0 Å². The van der Waals surface area contributed by atoms with E-state index in [1.54, 1.807) is 0 Å². The van der Waals surface area contributed by atoms with E-state index >= 15 is 0 Å². The molecular weight excluding hydrogens is 270 g/mol. The summed E-state index contributed by atoms with van der Waals surface area (Å²) < 4.78 is 0. The van der Waals surface area contributed by atoms with Gasteiger partial charge in [0.1, 0.15) is 0 Å². The van der Waals surface area contributed by atoms with Crippen LogP contribution in [-0.4, -0.2) is 36.1 Å². The fraction of sp³-hybridized carbons (Fsp3) is 0.579. The second kappa shape index (κ2) is 6.84. The van der Waals surface area contributed by atoms with Crippen molar-refractivity contribution in [2.24, 2.45) is 11.7 Å². The second-order valence-electron chi connectivity index (χ2n) is 6.73. The van der Waals surface area contributed by atoms with Crippen LogP contribution in [0.3, 0.4) is 0 Å². The van der Waals surface area contributed by atoms with Gasteiger partial charge in [-0.1, -0.05) is 25.1 Å². The Morgan fingerprint density at radius 1 is 1.27 bits per heavy atom. The molecule has 1 unspecified atom stereocenters. The van der Waals surface area contributed by atoms with E-state index < -0.39 is 0 Å². The number of nitrogens with one attached hydrogen (secondary N) is 1. The maximum Gasteiger partial charge on any atom is 0.0458 e. The van der Waals surface area contributed by atoms with Crippen LogP contribution in [0.1, 0.15) is 43.4 Å². The lowest BCUT2D eigenvalue weighted by Crippen LogP contribution is -2.37. The van der Waals surface area contributed by atoms with Gasteiger partial charge in [-0.3, -0.25) is 0 Å². The molecule has 3 rings (SSSR count). The first kappa shape index (κ1) is 15.6. The van der Waals surface area contributed by atoms with E-state index in [-0.39, 0.29) is 0 Å². The third-order valence-corrected chi connectivity index (χ3v) is 5.31. The summed E-state index contributed by atoms with van der Waals surface area (Å²) in [5, 5.41) is 1.37. The third-order valence-electron chi connectivity index (χ3n) is 5.31. The molecule has 1 atom stereocenters. The van der Waals surface area contributed by atoms with Crippen LogP contribution in [0, 0.1) is 12.8 Å². The smallest absolute Gasteiger partial charge is 0.0458 e. The Bertz CT molecular complexity index is 608. The van der Waals surface area contributed by atoms with Gasteiger partial charge >= 0.3 is 0 Å². The molecular formula is C19H29N3. The van der Waals surface area contributed by atoms with Gasteiger partial charge in [-0.25, -0.2) is 0 Å². The zero-order valence-corrected chi connectivity index (χ0v) is 13.9. The molecule has 1 aliphatic rings. The molecule has 3 N–H and O–H groups in total. The molecule has 1 aromatic heterocycles. The quantitative estimate of drug-likeness (QED) is 0.885. The minimum atomic E-state index is 0.486. The monoisotopic (exact) mass is 299 g/mol. The maximum atomic E-state index is 6.22. The number of nitrogens with zero attached hydrogens (tertiary/aromatic N) is 1. The standard InChI is InChI=1S/C19H29N3/c1-3-10-22-11-8-15(9-12-22)17(13-20)19-14(2)21-18-7-5-4-6-16(18)19/h4-7,15,17,21H,3,8-13,20H2,1-2H3. The number of aryl methyl sites for hydroxylation is 1. The lowest BCUT2D eigenvalue weighted by Gasteiger charge is -2.36. The number of fused-ring (bicyclic) bond motifs is 1. The Balaban J connectivity index is 1.83. The van der Waals surface area contributed by atoms with Crippen molar-refractivity contribution in [2.45, 2.75) is 39.0 Å². The zero-order valence-electron chi connectivity index (χ0n) is 13.9.